The van der Waals surface area contributed by atoms with Crippen LogP contribution in [0, 0.1) is 6.92 Å². The number of hydrogen-bond acceptors (Lipinski definition) is 5. The van der Waals surface area contributed by atoms with Gasteiger partial charge in [-0.25, -0.2) is 4.98 Å². The lowest BCUT2D eigenvalue weighted by atomic mass is 9.98. The lowest BCUT2D eigenvalue weighted by molar-refractivity contribution is 0.151. The third kappa shape index (κ3) is 2.66. The molecule has 0 unspecified atom stereocenters. The normalized spacial score (nSPS) is 16.7. The topological polar surface area (TPSA) is 47.0 Å². The van der Waals surface area contributed by atoms with Crippen molar-refractivity contribution < 1.29 is 4.74 Å². The van der Waals surface area contributed by atoms with E-state index >= 15 is 0 Å². The zero-order valence-electron chi connectivity index (χ0n) is 11.4. The predicted molar refractivity (Wildman–Crippen MR) is 79.2 cm³/mol. The third-order valence-electron chi connectivity index (χ3n) is 3.54. The van der Waals surface area contributed by atoms with Crippen molar-refractivity contribution in [2.75, 3.05) is 12.4 Å². The van der Waals surface area contributed by atoms with Gasteiger partial charge in [-0.3, -0.25) is 0 Å². The lowest BCUT2D eigenvalue weighted by Crippen LogP contribution is -2.20. The van der Waals surface area contributed by atoms with Crippen LogP contribution in [-0.4, -0.2) is 23.1 Å². The summed E-state index contributed by atoms with van der Waals surface area (Å²) in [6.45, 7) is 2.09. The zero-order valence-corrected chi connectivity index (χ0v) is 12.2. The molecule has 0 aromatic carbocycles. The smallest absolute Gasteiger partial charge is 0.227 e. The van der Waals surface area contributed by atoms with Crippen LogP contribution >= 0.6 is 11.3 Å². The van der Waals surface area contributed by atoms with Crippen LogP contribution in [0.3, 0.4) is 0 Å². The third-order valence-corrected chi connectivity index (χ3v) is 4.48. The van der Waals surface area contributed by atoms with E-state index < -0.39 is 0 Å². The van der Waals surface area contributed by atoms with Gasteiger partial charge in [0, 0.05) is 11.9 Å². The van der Waals surface area contributed by atoms with Crippen LogP contribution in [0.4, 0.5) is 5.95 Å². The average Bonchev–Trinajstić information content (AvgIpc) is 2.80. The van der Waals surface area contributed by atoms with E-state index in [1.807, 2.05) is 7.05 Å². The van der Waals surface area contributed by atoms with Gasteiger partial charge in [0.05, 0.1) is 5.39 Å². The molecule has 3 rings (SSSR count). The molecular weight excluding hydrogens is 258 g/mol. The molecule has 0 atom stereocenters. The summed E-state index contributed by atoms with van der Waals surface area (Å²) in [5.74, 6) is 1.38. The van der Waals surface area contributed by atoms with Crippen molar-refractivity contribution >= 4 is 27.5 Å². The standard InChI is InChI=1S/C14H19N3OS/c1-9-8-11-12(18-10-6-4-3-5-7-10)16-14(15-2)17-13(11)19-9/h8,10H,3-7H2,1-2H3,(H,15,16,17). The average molecular weight is 277 g/mol. The number of fused-ring (bicyclic) bond motifs is 1. The first-order chi connectivity index (χ1) is 9.26. The van der Waals surface area contributed by atoms with Crippen LogP contribution < -0.4 is 10.1 Å². The number of aryl methyl sites for hydroxylation is 1. The van der Waals surface area contributed by atoms with E-state index in [1.165, 1.54) is 24.1 Å². The highest BCUT2D eigenvalue weighted by atomic mass is 32.1. The van der Waals surface area contributed by atoms with E-state index in [2.05, 4.69) is 28.3 Å². The molecule has 4 nitrogen and oxygen atoms in total. The Morgan fingerprint density at radius 2 is 2.05 bits per heavy atom. The van der Waals surface area contributed by atoms with Crippen molar-refractivity contribution in [2.24, 2.45) is 0 Å². The van der Waals surface area contributed by atoms with Gasteiger partial charge < -0.3 is 10.1 Å². The Labute approximate surface area is 117 Å². The molecule has 0 saturated heterocycles. The van der Waals surface area contributed by atoms with E-state index in [9.17, 15) is 0 Å². The van der Waals surface area contributed by atoms with Gasteiger partial charge in [-0.1, -0.05) is 6.42 Å². The van der Waals surface area contributed by atoms with E-state index in [4.69, 9.17) is 4.74 Å². The largest absolute Gasteiger partial charge is 0.474 e. The number of anilines is 1. The fourth-order valence-corrected chi connectivity index (χ4v) is 3.43. The first-order valence-corrected chi connectivity index (χ1v) is 7.70. The molecule has 1 N–H and O–H groups in total. The highest BCUT2D eigenvalue weighted by molar-refractivity contribution is 7.18. The summed E-state index contributed by atoms with van der Waals surface area (Å²) in [6.07, 6.45) is 6.46. The van der Waals surface area contributed by atoms with Crippen LogP contribution in [0.1, 0.15) is 37.0 Å². The summed E-state index contributed by atoms with van der Waals surface area (Å²) in [4.78, 5) is 11.2. The number of aromatic nitrogens is 2. The number of nitrogens with one attached hydrogen (secondary N) is 1. The number of thiophene rings is 1. The van der Waals surface area contributed by atoms with E-state index in [0.29, 0.717) is 12.1 Å². The van der Waals surface area contributed by atoms with Crippen LogP contribution in [-0.2, 0) is 0 Å². The maximum absolute atomic E-state index is 6.14. The van der Waals surface area contributed by atoms with Crippen molar-refractivity contribution in [3.05, 3.63) is 10.9 Å². The van der Waals surface area contributed by atoms with E-state index in [1.54, 1.807) is 11.3 Å². The molecule has 5 heteroatoms. The monoisotopic (exact) mass is 277 g/mol. The molecule has 0 amide bonds. The number of ether oxygens (including phenoxy) is 1. The molecule has 2 aromatic heterocycles. The summed E-state index contributed by atoms with van der Waals surface area (Å²) in [5, 5.41) is 4.06. The number of nitrogens with zero attached hydrogens (tertiary/aromatic N) is 2. The molecular formula is C14H19N3OS. The second-order valence-corrected chi connectivity index (χ2v) is 6.29. The van der Waals surface area contributed by atoms with Crippen molar-refractivity contribution in [2.45, 2.75) is 45.1 Å². The fraction of sp³-hybridized carbons (Fsp3) is 0.571. The maximum atomic E-state index is 6.14. The Balaban J connectivity index is 1.95. The predicted octanol–water partition coefficient (Wildman–Crippen LogP) is 3.75. The van der Waals surface area contributed by atoms with Crippen molar-refractivity contribution in [1.82, 2.24) is 9.97 Å². The van der Waals surface area contributed by atoms with E-state index in [-0.39, 0.29) is 0 Å². The minimum Gasteiger partial charge on any atom is -0.474 e. The summed E-state index contributed by atoms with van der Waals surface area (Å²) in [5.41, 5.74) is 0. The molecule has 0 spiro atoms. The van der Waals surface area contributed by atoms with Gasteiger partial charge in [0.15, 0.2) is 0 Å². The zero-order chi connectivity index (χ0) is 13.2. The fourth-order valence-electron chi connectivity index (χ4n) is 2.56. The SMILES string of the molecule is CNc1nc(OC2CCCCC2)c2cc(C)sc2n1. The van der Waals surface area contributed by atoms with Gasteiger partial charge in [0.25, 0.3) is 0 Å². The molecule has 19 heavy (non-hydrogen) atoms. The Kier molecular flexibility index (Phi) is 3.55. The molecule has 1 aliphatic carbocycles. The molecule has 1 aliphatic rings. The molecule has 102 valence electrons. The molecule has 1 fully saturated rings. The summed E-state index contributed by atoms with van der Waals surface area (Å²) in [7, 11) is 1.84. The Hall–Kier alpha value is -1.36. The van der Waals surface area contributed by atoms with Gasteiger partial charge in [0.2, 0.25) is 11.8 Å². The molecule has 1 saturated carbocycles. The quantitative estimate of drug-likeness (QED) is 0.928. The second kappa shape index (κ2) is 5.33. The van der Waals surface area contributed by atoms with Gasteiger partial charge in [-0.05, 0) is 38.7 Å². The molecule has 2 heterocycles. The Morgan fingerprint density at radius 1 is 1.26 bits per heavy atom. The van der Waals surface area contributed by atoms with Crippen molar-refractivity contribution in [1.29, 1.82) is 0 Å². The maximum Gasteiger partial charge on any atom is 0.227 e. The molecule has 2 aromatic rings. The molecule has 0 radical (unpaired) electrons. The van der Waals surface area contributed by atoms with Gasteiger partial charge in [-0.2, -0.15) is 4.98 Å². The number of rotatable bonds is 3. The summed E-state index contributed by atoms with van der Waals surface area (Å²) >= 11 is 1.69. The Bertz CT molecular complexity index is 575. The second-order valence-electron chi connectivity index (χ2n) is 5.06. The Morgan fingerprint density at radius 3 is 2.79 bits per heavy atom. The first-order valence-electron chi connectivity index (χ1n) is 6.89. The molecule has 0 aliphatic heterocycles. The van der Waals surface area contributed by atoms with Crippen LogP contribution in [0.2, 0.25) is 0 Å². The lowest BCUT2D eigenvalue weighted by Gasteiger charge is -2.22. The highest BCUT2D eigenvalue weighted by Gasteiger charge is 2.18. The highest BCUT2D eigenvalue weighted by Crippen LogP contribution is 2.33. The van der Waals surface area contributed by atoms with E-state index in [0.717, 1.165) is 28.9 Å². The first kappa shape index (κ1) is 12.7. The summed E-state index contributed by atoms with van der Waals surface area (Å²) in [6, 6.07) is 2.12. The minimum absolute atomic E-state index is 0.316. The van der Waals surface area contributed by atoms with Crippen LogP contribution in [0.25, 0.3) is 10.2 Å². The van der Waals surface area contributed by atoms with Crippen molar-refractivity contribution in [3.63, 3.8) is 0 Å². The van der Waals surface area contributed by atoms with Crippen LogP contribution in [0.5, 0.6) is 5.88 Å². The van der Waals surface area contributed by atoms with Gasteiger partial charge >= 0.3 is 0 Å². The van der Waals surface area contributed by atoms with Crippen molar-refractivity contribution in [3.8, 4) is 5.88 Å². The molecule has 0 bridgehead atoms. The van der Waals surface area contributed by atoms with Gasteiger partial charge in [-0.15, -0.1) is 11.3 Å². The summed E-state index contributed by atoms with van der Waals surface area (Å²) < 4.78 is 6.14. The van der Waals surface area contributed by atoms with Crippen LogP contribution in [0.15, 0.2) is 6.07 Å². The number of hydrogen-bond donors (Lipinski definition) is 1. The van der Waals surface area contributed by atoms with Gasteiger partial charge in [0.1, 0.15) is 10.9 Å². The minimum atomic E-state index is 0.316.